The quantitative estimate of drug-likeness (QED) is 0.797. The molecule has 0 aliphatic heterocycles. The van der Waals surface area contributed by atoms with Crippen molar-refractivity contribution in [3.63, 3.8) is 0 Å². The van der Waals surface area contributed by atoms with E-state index in [1.165, 1.54) is 12.3 Å². The number of aliphatic hydroxyl groups is 1. The van der Waals surface area contributed by atoms with Crippen LogP contribution in [0.5, 0.6) is 0 Å². The molecule has 0 saturated heterocycles. The lowest BCUT2D eigenvalue weighted by molar-refractivity contribution is 0.285. The van der Waals surface area contributed by atoms with E-state index >= 15 is 0 Å². The smallest absolute Gasteiger partial charge is 0.167 e. The molecule has 94 valence electrons. The summed E-state index contributed by atoms with van der Waals surface area (Å²) in [6, 6.07) is 1.70. The van der Waals surface area contributed by atoms with Crippen LogP contribution in [0.15, 0.2) is 12.3 Å². The van der Waals surface area contributed by atoms with E-state index in [1.807, 2.05) is 4.90 Å². The molecular formula is C12H16ClFN2O. The molecule has 1 aromatic heterocycles. The Hall–Kier alpha value is -0.870. The van der Waals surface area contributed by atoms with Gasteiger partial charge >= 0.3 is 0 Å². The Labute approximate surface area is 105 Å². The van der Waals surface area contributed by atoms with Crippen LogP contribution in [0.1, 0.15) is 25.7 Å². The molecule has 17 heavy (non-hydrogen) atoms. The molecule has 1 saturated carbocycles. The van der Waals surface area contributed by atoms with Crippen molar-refractivity contribution in [3.8, 4) is 0 Å². The minimum absolute atomic E-state index is 0.176. The Morgan fingerprint density at radius 1 is 1.47 bits per heavy atom. The molecule has 0 bridgehead atoms. The van der Waals surface area contributed by atoms with Gasteiger partial charge in [-0.2, -0.15) is 0 Å². The number of aromatic nitrogens is 1. The molecule has 1 N–H and O–H groups in total. The lowest BCUT2D eigenvalue weighted by Gasteiger charge is -2.23. The Balaban J connectivity index is 2.08. The van der Waals surface area contributed by atoms with Gasteiger partial charge in [0.25, 0.3) is 0 Å². The van der Waals surface area contributed by atoms with E-state index in [1.54, 1.807) is 0 Å². The first-order valence-electron chi connectivity index (χ1n) is 5.91. The lowest BCUT2D eigenvalue weighted by atomic mass is 10.3. The number of hydrogen-bond acceptors (Lipinski definition) is 3. The summed E-state index contributed by atoms with van der Waals surface area (Å²) in [5.41, 5.74) is 0. The molecule has 1 heterocycles. The highest BCUT2D eigenvalue weighted by Gasteiger charge is 2.31. The third-order valence-electron chi connectivity index (χ3n) is 2.86. The Morgan fingerprint density at radius 3 is 2.82 bits per heavy atom. The fourth-order valence-corrected chi connectivity index (χ4v) is 2.00. The Morgan fingerprint density at radius 2 is 2.24 bits per heavy atom. The molecule has 5 heteroatoms. The van der Waals surface area contributed by atoms with E-state index in [0.29, 0.717) is 16.9 Å². The van der Waals surface area contributed by atoms with Gasteiger partial charge in [0, 0.05) is 25.4 Å². The molecule has 1 aromatic rings. The van der Waals surface area contributed by atoms with Gasteiger partial charge in [0.15, 0.2) is 11.6 Å². The summed E-state index contributed by atoms with van der Waals surface area (Å²) in [6.45, 7) is 0.909. The number of unbranched alkanes of at least 4 members (excludes halogenated alkanes) is 1. The molecule has 1 aliphatic rings. The highest BCUT2D eigenvalue weighted by atomic mass is 35.5. The van der Waals surface area contributed by atoms with E-state index in [0.717, 1.165) is 32.2 Å². The second kappa shape index (κ2) is 5.65. The van der Waals surface area contributed by atoms with E-state index in [2.05, 4.69) is 4.98 Å². The fourth-order valence-electron chi connectivity index (χ4n) is 1.86. The summed E-state index contributed by atoms with van der Waals surface area (Å²) in [5.74, 6) is 0.0169. The van der Waals surface area contributed by atoms with Crippen molar-refractivity contribution in [2.45, 2.75) is 31.7 Å². The molecule has 0 amide bonds. The number of hydrogen-bond donors (Lipinski definition) is 1. The summed E-state index contributed by atoms with van der Waals surface area (Å²) in [6.07, 6.45) is 5.22. The standard InChI is InChI=1S/C12H16ClFN2O/c13-9-7-11(14)12(15-8-9)16(10-3-4-10)5-1-2-6-17/h7-8,10,17H,1-6H2. The molecule has 1 fully saturated rings. The first-order chi connectivity index (χ1) is 8.22. The third kappa shape index (κ3) is 3.30. The first kappa shape index (κ1) is 12.6. The Kier molecular flexibility index (Phi) is 4.18. The molecule has 3 nitrogen and oxygen atoms in total. The van der Waals surface area contributed by atoms with Crippen molar-refractivity contribution >= 4 is 17.4 Å². The second-order valence-corrected chi connectivity index (χ2v) is 4.75. The van der Waals surface area contributed by atoms with Crippen LogP contribution in [0.2, 0.25) is 5.02 Å². The van der Waals surface area contributed by atoms with Gasteiger partial charge in [-0.1, -0.05) is 11.6 Å². The summed E-state index contributed by atoms with van der Waals surface area (Å²) in [7, 11) is 0. The van der Waals surface area contributed by atoms with Gasteiger partial charge in [-0.25, -0.2) is 9.37 Å². The van der Waals surface area contributed by atoms with Crippen LogP contribution in [-0.4, -0.2) is 29.3 Å². The van der Waals surface area contributed by atoms with Crippen molar-refractivity contribution in [2.75, 3.05) is 18.1 Å². The summed E-state index contributed by atoms with van der Waals surface area (Å²) in [5, 5.41) is 9.09. The number of anilines is 1. The van der Waals surface area contributed by atoms with Gasteiger partial charge in [-0.3, -0.25) is 0 Å². The average Bonchev–Trinajstić information content (AvgIpc) is 3.10. The van der Waals surface area contributed by atoms with Gasteiger partial charge in [0.1, 0.15) is 0 Å². The highest BCUT2D eigenvalue weighted by Crippen LogP contribution is 2.32. The van der Waals surface area contributed by atoms with Gasteiger partial charge in [0.2, 0.25) is 0 Å². The number of halogens is 2. The number of aliphatic hydroxyl groups excluding tert-OH is 1. The van der Waals surface area contributed by atoms with Gasteiger partial charge in [0.05, 0.1) is 5.02 Å². The molecule has 2 rings (SSSR count). The Bertz CT molecular complexity index is 385. The van der Waals surface area contributed by atoms with Crippen LogP contribution < -0.4 is 4.90 Å². The molecule has 0 radical (unpaired) electrons. The van der Waals surface area contributed by atoms with E-state index in [4.69, 9.17) is 16.7 Å². The zero-order valence-corrected chi connectivity index (χ0v) is 10.3. The molecule has 0 spiro atoms. The average molecular weight is 259 g/mol. The second-order valence-electron chi connectivity index (χ2n) is 4.31. The van der Waals surface area contributed by atoms with Crippen LogP contribution in [0.3, 0.4) is 0 Å². The van der Waals surface area contributed by atoms with Crippen LogP contribution >= 0.6 is 11.6 Å². The number of rotatable bonds is 6. The molecule has 0 atom stereocenters. The highest BCUT2D eigenvalue weighted by molar-refractivity contribution is 6.30. The topological polar surface area (TPSA) is 36.4 Å². The molecule has 0 unspecified atom stereocenters. The minimum Gasteiger partial charge on any atom is -0.396 e. The third-order valence-corrected chi connectivity index (χ3v) is 3.06. The van der Waals surface area contributed by atoms with Crippen molar-refractivity contribution in [3.05, 3.63) is 23.1 Å². The zero-order chi connectivity index (χ0) is 12.3. The zero-order valence-electron chi connectivity index (χ0n) is 9.57. The monoisotopic (exact) mass is 258 g/mol. The van der Waals surface area contributed by atoms with Gasteiger partial charge < -0.3 is 10.0 Å². The minimum atomic E-state index is -0.367. The van der Waals surface area contributed by atoms with Crippen molar-refractivity contribution < 1.29 is 9.50 Å². The van der Waals surface area contributed by atoms with Crippen LogP contribution in [0, 0.1) is 5.82 Å². The molecular weight excluding hydrogens is 243 g/mol. The number of pyridine rings is 1. The maximum Gasteiger partial charge on any atom is 0.167 e. The van der Waals surface area contributed by atoms with Crippen molar-refractivity contribution in [1.29, 1.82) is 0 Å². The summed E-state index contributed by atoms with van der Waals surface area (Å²) in [4.78, 5) is 6.06. The summed E-state index contributed by atoms with van der Waals surface area (Å²) < 4.78 is 13.8. The maximum atomic E-state index is 13.8. The fraction of sp³-hybridized carbons (Fsp3) is 0.583. The number of nitrogens with zero attached hydrogens (tertiary/aromatic N) is 2. The predicted molar refractivity (Wildman–Crippen MR) is 65.9 cm³/mol. The SMILES string of the molecule is OCCCCN(c1ncc(Cl)cc1F)C1CC1. The van der Waals surface area contributed by atoms with E-state index in [-0.39, 0.29) is 12.4 Å². The lowest BCUT2D eigenvalue weighted by Crippen LogP contribution is -2.28. The van der Waals surface area contributed by atoms with Crippen LogP contribution in [-0.2, 0) is 0 Å². The maximum absolute atomic E-state index is 13.8. The normalized spacial score (nSPS) is 15.0. The van der Waals surface area contributed by atoms with Crippen molar-refractivity contribution in [1.82, 2.24) is 4.98 Å². The summed E-state index contributed by atoms with van der Waals surface area (Å²) >= 11 is 5.69. The van der Waals surface area contributed by atoms with Crippen LogP contribution in [0.25, 0.3) is 0 Å². The molecule has 0 aromatic carbocycles. The predicted octanol–water partition coefficient (Wildman–Crippen LogP) is 2.62. The van der Waals surface area contributed by atoms with Gasteiger partial charge in [-0.05, 0) is 31.7 Å². The first-order valence-corrected chi connectivity index (χ1v) is 6.28. The van der Waals surface area contributed by atoms with Crippen molar-refractivity contribution in [2.24, 2.45) is 0 Å². The van der Waals surface area contributed by atoms with Crippen LogP contribution in [0.4, 0.5) is 10.2 Å². The largest absolute Gasteiger partial charge is 0.396 e. The van der Waals surface area contributed by atoms with E-state index < -0.39 is 0 Å². The van der Waals surface area contributed by atoms with Gasteiger partial charge in [-0.15, -0.1) is 0 Å². The molecule has 1 aliphatic carbocycles. The van der Waals surface area contributed by atoms with E-state index in [9.17, 15) is 4.39 Å².